The first-order valence-electron chi connectivity index (χ1n) is 8.96. The number of nitrogens with one attached hydrogen (secondary N) is 1. The highest BCUT2D eigenvalue weighted by Crippen LogP contribution is 2.20. The molecule has 2 heterocycles. The summed E-state index contributed by atoms with van der Waals surface area (Å²) in [5.41, 5.74) is 2.43. The molecule has 1 fully saturated rings. The second-order valence-corrected chi connectivity index (χ2v) is 6.46. The van der Waals surface area contributed by atoms with Gasteiger partial charge in [0.15, 0.2) is 0 Å². The van der Waals surface area contributed by atoms with E-state index in [0.29, 0.717) is 13.0 Å². The number of hydrogen-bond donors (Lipinski definition) is 2. The van der Waals surface area contributed by atoms with E-state index in [4.69, 9.17) is 9.47 Å². The zero-order chi connectivity index (χ0) is 17.6. The Labute approximate surface area is 147 Å². The zero-order valence-corrected chi connectivity index (χ0v) is 14.6. The van der Waals surface area contributed by atoms with Crippen LogP contribution in [0.4, 0.5) is 4.79 Å². The van der Waals surface area contributed by atoms with Gasteiger partial charge in [-0.15, -0.1) is 0 Å². The second-order valence-electron chi connectivity index (χ2n) is 6.46. The minimum Gasteiger partial charge on any atom is -0.435 e. The molecular weight excluding hydrogens is 320 g/mol. The van der Waals surface area contributed by atoms with Gasteiger partial charge in [0.25, 0.3) is 0 Å². The summed E-state index contributed by atoms with van der Waals surface area (Å²) in [6.07, 6.45) is 2.61. The molecule has 1 aliphatic rings. The van der Waals surface area contributed by atoms with E-state index in [1.807, 2.05) is 12.1 Å². The predicted molar refractivity (Wildman–Crippen MR) is 95.6 cm³/mol. The number of fused-ring (bicyclic) bond motifs is 1. The first kappa shape index (κ1) is 17.8. The number of rotatable bonds is 5. The van der Waals surface area contributed by atoms with Crippen molar-refractivity contribution >= 4 is 17.1 Å². The van der Waals surface area contributed by atoms with E-state index in [0.717, 1.165) is 31.4 Å². The van der Waals surface area contributed by atoms with Crippen LogP contribution in [0.1, 0.15) is 25.3 Å². The van der Waals surface area contributed by atoms with Gasteiger partial charge in [-0.25, -0.2) is 4.79 Å². The van der Waals surface area contributed by atoms with Crippen LogP contribution in [0.3, 0.4) is 0 Å². The average Bonchev–Trinajstić information content (AvgIpc) is 2.93. The van der Waals surface area contributed by atoms with Crippen LogP contribution in [0.15, 0.2) is 30.5 Å². The molecule has 0 bridgehead atoms. The fourth-order valence-electron chi connectivity index (χ4n) is 3.39. The van der Waals surface area contributed by atoms with Crippen molar-refractivity contribution in [3.05, 3.63) is 36.0 Å². The number of aromatic nitrogens is 1. The monoisotopic (exact) mass is 346 g/mol. The maximum Gasteiger partial charge on any atom is 0.508 e. The highest BCUT2D eigenvalue weighted by molar-refractivity contribution is 5.83. The van der Waals surface area contributed by atoms with Crippen LogP contribution in [-0.2, 0) is 15.9 Å². The van der Waals surface area contributed by atoms with E-state index in [-0.39, 0.29) is 6.61 Å². The molecule has 1 aromatic carbocycles. The lowest BCUT2D eigenvalue weighted by atomic mass is 10.1. The standard InChI is InChI=1S/C19H26N2O4/c1-2-24-19(23)25-18-13-21(10-5-8-17(18)22)11-9-14-12-20-16-7-4-3-6-15(14)16/h3-4,6-7,12,17-18,20,22H,2,5,8-11,13H2,1H3. The molecule has 6 nitrogen and oxygen atoms in total. The Morgan fingerprint density at radius 3 is 3.08 bits per heavy atom. The van der Waals surface area contributed by atoms with E-state index in [9.17, 15) is 9.90 Å². The van der Waals surface area contributed by atoms with Gasteiger partial charge in [-0.05, 0) is 44.4 Å². The third-order valence-corrected chi connectivity index (χ3v) is 4.72. The molecule has 1 aromatic heterocycles. The van der Waals surface area contributed by atoms with E-state index >= 15 is 0 Å². The third-order valence-electron chi connectivity index (χ3n) is 4.72. The highest BCUT2D eigenvalue weighted by Gasteiger charge is 2.29. The fraction of sp³-hybridized carbons (Fsp3) is 0.526. The number of ether oxygens (including phenoxy) is 2. The summed E-state index contributed by atoms with van der Waals surface area (Å²) in [7, 11) is 0. The molecule has 2 N–H and O–H groups in total. The number of para-hydroxylation sites is 1. The summed E-state index contributed by atoms with van der Waals surface area (Å²) in [4.78, 5) is 17.1. The Balaban J connectivity index is 1.60. The molecule has 1 aliphatic heterocycles. The molecule has 2 aromatic rings. The van der Waals surface area contributed by atoms with Crippen LogP contribution in [-0.4, -0.2) is 59.6 Å². The lowest BCUT2D eigenvalue weighted by molar-refractivity contribution is -0.0369. The third kappa shape index (κ3) is 4.52. The molecule has 0 radical (unpaired) electrons. The van der Waals surface area contributed by atoms with E-state index in [1.54, 1.807) is 6.92 Å². The highest BCUT2D eigenvalue weighted by atomic mass is 16.7. The van der Waals surface area contributed by atoms with Gasteiger partial charge in [0.05, 0.1) is 12.7 Å². The number of hydrogen-bond acceptors (Lipinski definition) is 5. The van der Waals surface area contributed by atoms with Crippen LogP contribution in [0.2, 0.25) is 0 Å². The zero-order valence-electron chi connectivity index (χ0n) is 14.6. The second kappa shape index (κ2) is 8.36. The number of carbonyl (C=O) groups is 1. The van der Waals surface area contributed by atoms with Crippen LogP contribution in [0.25, 0.3) is 10.9 Å². The van der Waals surface area contributed by atoms with Crippen molar-refractivity contribution in [1.82, 2.24) is 9.88 Å². The molecule has 2 atom stereocenters. The number of carbonyl (C=O) groups excluding carboxylic acids is 1. The quantitative estimate of drug-likeness (QED) is 0.814. The van der Waals surface area contributed by atoms with E-state index in [2.05, 4.69) is 28.2 Å². The Bertz CT molecular complexity index is 700. The molecule has 6 heteroatoms. The minimum absolute atomic E-state index is 0.270. The smallest absolute Gasteiger partial charge is 0.435 e. The molecule has 25 heavy (non-hydrogen) atoms. The number of aromatic amines is 1. The lowest BCUT2D eigenvalue weighted by Gasteiger charge is -2.25. The molecule has 0 aliphatic carbocycles. The van der Waals surface area contributed by atoms with Gasteiger partial charge in [0.2, 0.25) is 0 Å². The van der Waals surface area contributed by atoms with Gasteiger partial charge in [0.1, 0.15) is 6.10 Å². The number of aliphatic hydroxyl groups is 1. The topological polar surface area (TPSA) is 74.8 Å². The van der Waals surface area contributed by atoms with Crippen LogP contribution < -0.4 is 0 Å². The molecule has 0 saturated carbocycles. The lowest BCUT2D eigenvalue weighted by Crippen LogP contribution is -2.40. The molecule has 1 saturated heterocycles. The van der Waals surface area contributed by atoms with Crippen molar-refractivity contribution in [2.75, 3.05) is 26.2 Å². The maximum atomic E-state index is 11.6. The summed E-state index contributed by atoms with van der Waals surface area (Å²) in [6, 6.07) is 8.27. The largest absolute Gasteiger partial charge is 0.508 e. The van der Waals surface area contributed by atoms with Gasteiger partial charge in [-0.2, -0.15) is 0 Å². The Morgan fingerprint density at radius 1 is 1.40 bits per heavy atom. The molecule has 2 unspecified atom stereocenters. The summed E-state index contributed by atoms with van der Waals surface area (Å²) in [5.74, 6) is 0. The predicted octanol–water partition coefficient (Wildman–Crippen LogP) is 2.71. The van der Waals surface area contributed by atoms with Gasteiger partial charge in [0, 0.05) is 30.2 Å². The first-order chi connectivity index (χ1) is 12.2. The summed E-state index contributed by atoms with van der Waals surface area (Å²) >= 11 is 0. The number of aliphatic hydroxyl groups excluding tert-OH is 1. The van der Waals surface area contributed by atoms with Crippen LogP contribution in [0.5, 0.6) is 0 Å². The number of benzene rings is 1. The maximum absolute atomic E-state index is 11.6. The van der Waals surface area contributed by atoms with Gasteiger partial charge >= 0.3 is 6.16 Å². The first-order valence-corrected chi connectivity index (χ1v) is 8.96. The summed E-state index contributed by atoms with van der Waals surface area (Å²) in [6.45, 7) is 4.28. The van der Waals surface area contributed by atoms with E-state index < -0.39 is 18.4 Å². The fourth-order valence-corrected chi connectivity index (χ4v) is 3.39. The molecular formula is C19H26N2O4. The molecule has 0 amide bonds. The van der Waals surface area contributed by atoms with Crippen molar-refractivity contribution < 1.29 is 19.4 Å². The van der Waals surface area contributed by atoms with Crippen molar-refractivity contribution in [2.45, 2.75) is 38.4 Å². The van der Waals surface area contributed by atoms with Crippen LogP contribution in [0, 0.1) is 0 Å². The van der Waals surface area contributed by atoms with Crippen molar-refractivity contribution in [2.24, 2.45) is 0 Å². The molecule has 3 rings (SSSR count). The Kier molecular flexibility index (Phi) is 5.94. The average molecular weight is 346 g/mol. The van der Waals surface area contributed by atoms with Crippen molar-refractivity contribution in [3.8, 4) is 0 Å². The normalized spacial score (nSPS) is 21.8. The number of nitrogens with zero attached hydrogens (tertiary/aromatic N) is 1. The summed E-state index contributed by atoms with van der Waals surface area (Å²) in [5, 5.41) is 11.5. The minimum atomic E-state index is -0.704. The van der Waals surface area contributed by atoms with Gasteiger partial charge in [-0.1, -0.05) is 18.2 Å². The Morgan fingerprint density at radius 2 is 2.24 bits per heavy atom. The van der Waals surface area contributed by atoms with Crippen molar-refractivity contribution in [3.63, 3.8) is 0 Å². The van der Waals surface area contributed by atoms with Gasteiger partial charge < -0.3 is 19.6 Å². The van der Waals surface area contributed by atoms with Crippen LogP contribution >= 0.6 is 0 Å². The summed E-state index contributed by atoms with van der Waals surface area (Å²) < 4.78 is 10.1. The molecule has 136 valence electrons. The number of likely N-dealkylation sites (tertiary alicyclic amines) is 1. The van der Waals surface area contributed by atoms with E-state index in [1.165, 1.54) is 10.9 Å². The van der Waals surface area contributed by atoms with Gasteiger partial charge in [-0.3, -0.25) is 4.90 Å². The Hall–Kier alpha value is -2.05. The van der Waals surface area contributed by atoms with Crippen molar-refractivity contribution in [1.29, 1.82) is 0 Å². The molecule has 0 spiro atoms. The number of H-pyrrole nitrogens is 1. The SMILES string of the molecule is CCOC(=O)OC1CN(CCc2c[nH]c3ccccc23)CCCC1O.